The number of fused-ring (bicyclic) bond motifs is 2. The maximum Gasteiger partial charge on any atom is 0.416 e. The van der Waals surface area contributed by atoms with E-state index in [1.54, 1.807) is 0 Å². The number of alkyl halides is 4. The van der Waals surface area contributed by atoms with Crippen LogP contribution >= 0.6 is 11.6 Å². The Morgan fingerprint density at radius 1 is 1.22 bits per heavy atom. The van der Waals surface area contributed by atoms with Gasteiger partial charge in [-0.1, -0.05) is 11.6 Å². The lowest BCUT2D eigenvalue weighted by atomic mass is 9.93. The van der Waals surface area contributed by atoms with Crippen molar-refractivity contribution < 1.29 is 36.2 Å². The molecule has 0 aliphatic carbocycles. The first-order valence-corrected chi connectivity index (χ1v) is 17.1. The largest absolute Gasteiger partial charge is 0.461 e. The number of Topliss-reactive ketones (excluding diaryl/α,β-unsaturated/α-hetero) is 1. The molecule has 2 aromatic rings. The van der Waals surface area contributed by atoms with Crippen LogP contribution in [0.5, 0.6) is 6.01 Å². The highest BCUT2D eigenvalue weighted by molar-refractivity contribution is 6.46. The van der Waals surface area contributed by atoms with Gasteiger partial charge in [-0.05, 0) is 50.9 Å². The van der Waals surface area contributed by atoms with Gasteiger partial charge in [-0.2, -0.15) is 23.1 Å². The minimum absolute atomic E-state index is 0.0329. The van der Waals surface area contributed by atoms with Crippen LogP contribution in [-0.2, 0) is 28.7 Å². The molecule has 3 fully saturated rings. The zero-order valence-electron chi connectivity index (χ0n) is 27.2. The number of benzene rings is 1. The molecule has 0 amide bonds. The van der Waals surface area contributed by atoms with Gasteiger partial charge >= 0.3 is 12.2 Å². The summed E-state index contributed by atoms with van der Waals surface area (Å²) in [6.07, 6.45) is -4.30. The zero-order chi connectivity index (χ0) is 35.4. The number of aliphatic imine (C=N–C) groups is 1. The number of carbonyl (C=O) groups excluding carboxylic acids is 1. The molecule has 6 heterocycles. The van der Waals surface area contributed by atoms with Gasteiger partial charge in [-0.25, -0.2) is 8.78 Å². The molecule has 5 N–H and O–H groups in total. The number of hydrogen-bond acceptors (Lipinski definition) is 11. The highest BCUT2D eigenvalue weighted by Gasteiger charge is 2.49. The topological polar surface area (TPSA) is 144 Å². The van der Waals surface area contributed by atoms with E-state index in [0.29, 0.717) is 68.2 Å². The molecular weight excluding hydrogens is 687 g/mol. The van der Waals surface area contributed by atoms with E-state index in [2.05, 4.69) is 20.2 Å². The quantitative estimate of drug-likeness (QED) is 0.208. The zero-order valence-corrected chi connectivity index (χ0v) is 27.9. The SMILES string of the molecule is N/C(C(=O)C1CCN1)=C(/Cl)C1=NCCCN(c2nc(OC[C@@]34CCCN3C[C@H](F)C4)nc3c2CO[C@H](c2c(C(F)(F)F)ccc(N)c2F)C3)C1. The van der Waals surface area contributed by atoms with E-state index in [0.717, 1.165) is 31.5 Å². The molecule has 5 aliphatic heterocycles. The Labute approximate surface area is 290 Å². The first kappa shape index (κ1) is 34.8. The number of aromatic nitrogens is 2. The van der Waals surface area contributed by atoms with Crippen molar-refractivity contribution in [2.24, 2.45) is 10.7 Å². The van der Waals surface area contributed by atoms with E-state index < -0.39 is 52.7 Å². The second-order valence-electron chi connectivity index (χ2n) is 13.5. The van der Waals surface area contributed by atoms with Crippen LogP contribution < -0.4 is 26.4 Å². The van der Waals surface area contributed by atoms with Crippen molar-refractivity contribution in [2.75, 3.05) is 56.5 Å². The van der Waals surface area contributed by atoms with Crippen LogP contribution in [0, 0.1) is 5.82 Å². The minimum Gasteiger partial charge on any atom is -0.461 e. The maximum absolute atomic E-state index is 15.3. The normalized spacial score (nSPS) is 27.5. The Balaban J connectivity index is 1.24. The Morgan fingerprint density at radius 3 is 2.76 bits per heavy atom. The predicted octanol–water partition coefficient (Wildman–Crippen LogP) is 3.98. The van der Waals surface area contributed by atoms with Crippen LogP contribution in [0.2, 0.25) is 0 Å². The van der Waals surface area contributed by atoms with Crippen molar-refractivity contribution in [3.63, 3.8) is 0 Å². The number of halogens is 6. The summed E-state index contributed by atoms with van der Waals surface area (Å²) >= 11 is 6.67. The Kier molecular flexibility index (Phi) is 9.41. The Morgan fingerprint density at radius 2 is 2.02 bits per heavy atom. The molecule has 1 unspecified atom stereocenters. The number of rotatable bonds is 8. The number of anilines is 2. The molecule has 1 aromatic heterocycles. The maximum atomic E-state index is 15.3. The number of nitrogens with one attached hydrogen (secondary N) is 1. The van der Waals surface area contributed by atoms with E-state index >= 15 is 4.39 Å². The molecule has 0 spiro atoms. The van der Waals surface area contributed by atoms with Crippen molar-refractivity contribution in [3.8, 4) is 6.01 Å². The van der Waals surface area contributed by atoms with Crippen molar-refractivity contribution in [1.82, 2.24) is 20.2 Å². The second kappa shape index (κ2) is 13.5. The fourth-order valence-corrected chi connectivity index (χ4v) is 7.84. The van der Waals surface area contributed by atoms with Gasteiger partial charge in [0.15, 0.2) is 11.6 Å². The summed E-state index contributed by atoms with van der Waals surface area (Å²) < 4.78 is 84.2. The molecular formula is C33H38ClF5N8O3. The van der Waals surface area contributed by atoms with Gasteiger partial charge in [0, 0.05) is 43.6 Å². The summed E-state index contributed by atoms with van der Waals surface area (Å²) in [5, 5.41) is 3.05. The van der Waals surface area contributed by atoms with Crippen molar-refractivity contribution >= 4 is 34.6 Å². The Bertz CT molecular complexity index is 1740. The molecule has 270 valence electrons. The number of ether oxygens (including phenoxy) is 2. The lowest BCUT2D eigenvalue weighted by molar-refractivity contribution is -0.140. The predicted molar refractivity (Wildman–Crippen MR) is 175 cm³/mol. The standard InChI is InChI=1S/C33H38ClF5N8O3/c34-26(28(41)29(48)21-5-8-43-21)23-14-46(9-2-7-42-23)30-18-15-49-24(25-19(33(37,38)39)3-4-20(40)27(25)36)11-22(18)44-31(45-30)50-16-32-6-1-10-47(32)13-17(35)12-32/h3-4,17,21,24,43H,1-2,5-16,40-41H2/b28-26+/t17-,21?,24+,32+/m1/s1. The third-order valence-electron chi connectivity index (χ3n) is 10.4. The summed E-state index contributed by atoms with van der Waals surface area (Å²) in [6.45, 7) is 2.56. The molecule has 3 saturated heterocycles. The summed E-state index contributed by atoms with van der Waals surface area (Å²) in [5.41, 5.74) is 10.1. The minimum atomic E-state index is -4.87. The molecule has 7 rings (SSSR count). The van der Waals surface area contributed by atoms with Gasteiger partial charge in [0.1, 0.15) is 18.6 Å². The number of nitrogen functional groups attached to an aromatic ring is 1. The van der Waals surface area contributed by atoms with Crippen LogP contribution in [0.25, 0.3) is 0 Å². The van der Waals surface area contributed by atoms with E-state index in [1.807, 2.05) is 4.90 Å². The van der Waals surface area contributed by atoms with E-state index in [9.17, 15) is 22.4 Å². The monoisotopic (exact) mass is 724 g/mol. The molecule has 5 aliphatic rings. The second-order valence-corrected chi connectivity index (χ2v) is 13.9. The van der Waals surface area contributed by atoms with Crippen LogP contribution in [0.15, 0.2) is 27.9 Å². The van der Waals surface area contributed by atoms with Crippen molar-refractivity contribution in [1.29, 1.82) is 0 Å². The lowest BCUT2D eigenvalue weighted by Crippen LogP contribution is -2.50. The number of nitrogens with zero attached hydrogens (tertiary/aromatic N) is 5. The summed E-state index contributed by atoms with van der Waals surface area (Å²) in [6, 6.07) is 1.16. The van der Waals surface area contributed by atoms with Crippen molar-refractivity contribution in [2.45, 2.75) is 75.2 Å². The fourth-order valence-electron chi connectivity index (χ4n) is 7.63. The molecule has 4 atom stereocenters. The van der Waals surface area contributed by atoms with Gasteiger partial charge in [0.25, 0.3) is 0 Å². The molecule has 1 aromatic carbocycles. The average Bonchev–Trinajstić information content (AvgIpc) is 3.46. The highest BCUT2D eigenvalue weighted by atomic mass is 35.5. The summed E-state index contributed by atoms with van der Waals surface area (Å²) in [4.78, 5) is 30.8. The van der Waals surface area contributed by atoms with Gasteiger partial charge in [0.2, 0.25) is 0 Å². The molecule has 0 bridgehead atoms. The summed E-state index contributed by atoms with van der Waals surface area (Å²) in [7, 11) is 0. The number of carbonyl (C=O) groups is 1. The van der Waals surface area contributed by atoms with Gasteiger partial charge in [-0.15, -0.1) is 0 Å². The number of nitrogens with two attached hydrogens (primary N) is 2. The molecule has 17 heteroatoms. The van der Waals surface area contributed by atoms with Gasteiger partial charge in [0.05, 0.1) is 64.2 Å². The third kappa shape index (κ3) is 6.50. The smallest absolute Gasteiger partial charge is 0.416 e. The van der Waals surface area contributed by atoms with E-state index in [1.165, 1.54) is 0 Å². The molecule has 50 heavy (non-hydrogen) atoms. The summed E-state index contributed by atoms with van der Waals surface area (Å²) in [5.74, 6) is -1.16. The van der Waals surface area contributed by atoms with Gasteiger partial charge in [-0.3, -0.25) is 14.7 Å². The number of hydrogen-bond donors (Lipinski definition) is 3. The molecule has 11 nitrogen and oxygen atoms in total. The van der Waals surface area contributed by atoms with Crippen LogP contribution in [0.4, 0.5) is 33.5 Å². The first-order valence-electron chi connectivity index (χ1n) is 16.7. The van der Waals surface area contributed by atoms with Crippen LogP contribution in [0.1, 0.15) is 60.6 Å². The van der Waals surface area contributed by atoms with E-state index in [4.69, 9.17) is 37.5 Å². The third-order valence-corrected chi connectivity index (χ3v) is 10.8. The lowest BCUT2D eigenvalue weighted by Gasteiger charge is -2.33. The van der Waals surface area contributed by atoms with Crippen LogP contribution in [-0.4, -0.2) is 90.0 Å². The Hall–Kier alpha value is -3.60. The van der Waals surface area contributed by atoms with Crippen molar-refractivity contribution in [3.05, 3.63) is 51.1 Å². The molecule has 0 radical (unpaired) electrons. The fraction of sp³-hybridized carbons (Fsp3) is 0.576. The molecule has 0 saturated carbocycles. The van der Waals surface area contributed by atoms with E-state index in [-0.39, 0.29) is 48.7 Å². The number of ketones is 1. The first-order chi connectivity index (χ1) is 23.8. The average molecular weight is 725 g/mol. The van der Waals surface area contributed by atoms with Crippen LogP contribution in [0.3, 0.4) is 0 Å². The highest BCUT2D eigenvalue weighted by Crippen LogP contribution is 2.44. The van der Waals surface area contributed by atoms with Gasteiger partial charge < -0.3 is 31.2 Å².